The molecule has 0 radical (unpaired) electrons. The Morgan fingerprint density at radius 3 is 2.24 bits per heavy atom. The monoisotopic (exact) mass is 512 g/mol. The Labute approximate surface area is 216 Å². The lowest BCUT2D eigenvalue weighted by Gasteiger charge is -2.59. The molecule has 0 saturated heterocycles. The standard InChI is InChI=1S/C27H41ClN2O3.ClH/c1-6-32-23-11-21(10-22(28)25(23)33-16-24(31)30-26(3,4)5)15-29-17(2)27-12-18-7-19(13-27)9-20(8-18)14-27;/h10-11,17-20,29H,6-9,12-16H2,1-5H3,(H,30,31);1H. The molecule has 2 N–H and O–H groups in total. The van der Waals surface area contributed by atoms with Crippen molar-refractivity contribution >= 4 is 29.9 Å². The van der Waals surface area contributed by atoms with Crippen LogP contribution in [0.1, 0.15) is 78.7 Å². The van der Waals surface area contributed by atoms with Gasteiger partial charge in [0.1, 0.15) is 0 Å². The summed E-state index contributed by atoms with van der Waals surface area (Å²) in [4.78, 5) is 12.2. The molecule has 0 aromatic heterocycles. The maximum Gasteiger partial charge on any atom is 0.258 e. The summed E-state index contributed by atoms with van der Waals surface area (Å²) >= 11 is 6.59. The highest BCUT2D eigenvalue weighted by atomic mass is 35.5. The molecule has 7 heteroatoms. The maximum absolute atomic E-state index is 12.2. The van der Waals surface area contributed by atoms with Crippen molar-refractivity contribution in [3.05, 3.63) is 22.7 Å². The van der Waals surface area contributed by atoms with Crippen molar-refractivity contribution in [2.24, 2.45) is 23.2 Å². The van der Waals surface area contributed by atoms with Crippen molar-refractivity contribution in [1.29, 1.82) is 0 Å². The van der Waals surface area contributed by atoms with Crippen molar-refractivity contribution in [3.8, 4) is 11.5 Å². The van der Waals surface area contributed by atoms with Crippen LogP contribution in [0.5, 0.6) is 11.5 Å². The van der Waals surface area contributed by atoms with Crippen molar-refractivity contribution < 1.29 is 14.3 Å². The van der Waals surface area contributed by atoms with Crippen LogP contribution in [0, 0.1) is 23.2 Å². The average Bonchev–Trinajstić information content (AvgIpc) is 2.69. The van der Waals surface area contributed by atoms with E-state index in [2.05, 4.69) is 17.6 Å². The van der Waals surface area contributed by atoms with Crippen molar-refractivity contribution in [2.75, 3.05) is 13.2 Å². The molecule has 4 aliphatic rings. The number of carbonyl (C=O) groups is 1. The first kappa shape index (κ1) is 27.4. The average molecular weight is 514 g/mol. The smallest absolute Gasteiger partial charge is 0.258 e. The summed E-state index contributed by atoms with van der Waals surface area (Å²) in [5.41, 5.74) is 1.23. The minimum Gasteiger partial charge on any atom is -0.490 e. The Morgan fingerprint density at radius 1 is 1.12 bits per heavy atom. The number of amides is 1. The van der Waals surface area contributed by atoms with E-state index in [-0.39, 0.29) is 30.5 Å². The van der Waals surface area contributed by atoms with E-state index in [1.54, 1.807) is 0 Å². The predicted octanol–water partition coefficient (Wildman–Crippen LogP) is 6.15. The summed E-state index contributed by atoms with van der Waals surface area (Å²) in [6.07, 6.45) is 8.57. The molecule has 0 heterocycles. The summed E-state index contributed by atoms with van der Waals surface area (Å²) in [6, 6.07) is 4.41. The number of carbonyl (C=O) groups excluding carboxylic acids is 1. The predicted molar refractivity (Wildman–Crippen MR) is 140 cm³/mol. The Bertz CT molecular complexity index is 833. The minimum atomic E-state index is -0.310. The molecule has 4 saturated carbocycles. The number of benzene rings is 1. The van der Waals surface area contributed by atoms with Crippen molar-refractivity contribution in [3.63, 3.8) is 0 Å². The van der Waals surface area contributed by atoms with E-state index in [1.165, 1.54) is 38.5 Å². The number of hydrogen-bond donors (Lipinski definition) is 2. The van der Waals surface area contributed by atoms with Gasteiger partial charge in [-0.2, -0.15) is 0 Å². The summed E-state index contributed by atoms with van der Waals surface area (Å²) in [5, 5.41) is 7.21. The second-order valence-electron chi connectivity index (χ2n) is 11.8. The number of hydrogen-bond acceptors (Lipinski definition) is 4. The van der Waals surface area contributed by atoms with Crippen molar-refractivity contribution in [2.45, 2.75) is 91.3 Å². The van der Waals surface area contributed by atoms with Gasteiger partial charge < -0.3 is 20.1 Å². The third-order valence-corrected chi connectivity index (χ3v) is 8.13. The van der Waals surface area contributed by atoms with Crippen LogP contribution >= 0.6 is 24.0 Å². The number of nitrogens with one attached hydrogen (secondary N) is 2. The van der Waals surface area contributed by atoms with E-state index < -0.39 is 0 Å². The molecule has 4 aliphatic carbocycles. The van der Waals surface area contributed by atoms with E-state index in [0.717, 1.165) is 29.9 Å². The SMILES string of the molecule is CCOc1cc(CNC(C)C23CC4CC(CC(C4)C2)C3)cc(Cl)c1OCC(=O)NC(C)(C)C.Cl. The molecule has 1 atom stereocenters. The molecule has 4 bridgehead atoms. The van der Waals surface area contributed by atoms with Crippen LogP contribution < -0.4 is 20.1 Å². The van der Waals surface area contributed by atoms with Gasteiger partial charge in [0.05, 0.1) is 11.6 Å². The Balaban J connectivity index is 0.00000324. The van der Waals surface area contributed by atoms with Gasteiger partial charge in [0.2, 0.25) is 0 Å². The van der Waals surface area contributed by atoms with Gasteiger partial charge in [-0.05, 0) is 114 Å². The van der Waals surface area contributed by atoms with E-state index in [9.17, 15) is 4.79 Å². The summed E-state index contributed by atoms with van der Waals surface area (Å²) < 4.78 is 11.6. The lowest BCUT2D eigenvalue weighted by molar-refractivity contribution is -0.124. The minimum absolute atomic E-state index is 0. The number of rotatable bonds is 9. The quantitative estimate of drug-likeness (QED) is 0.416. The van der Waals surface area contributed by atoms with Crippen molar-refractivity contribution in [1.82, 2.24) is 10.6 Å². The van der Waals surface area contributed by atoms with E-state index >= 15 is 0 Å². The molecule has 1 aromatic rings. The van der Waals surface area contributed by atoms with Gasteiger partial charge in [-0.3, -0.25) is 4.79 Å². The second-order valence-corrected chi connectivity index (χ2v) is 12.2. The molecule has 0 spiro atoms. The molecule has 34 heavy (non-hydrogen) atoms. The van der Waals surface area contributed by atoms with E-state index in [1.807, 2.05) is 39.8 Å². The first-order chi connectivity index (χ1) is 15.6. The van der Waals surface area contributed by atoms with Gasteiger partial charge in [-0.15, -0.1) is 12.4 Å². The molecule has 1 aromatic carbocycles. The fraction of sp³-hybridized carbons (Fsp3) is 0.741. The first-order valence-corrected chi connectivity index (χ1v) is 13.1. The maximum atomic E-state index is 12.2. The third-order valence-electron chi connectivity index (χ3n) is 7.85. The molecule has 0 aliphatic heterocycles. The van der Waals surface area contributed by atoms with Crippen LogP contribution in [0.15, 0.2) is 12.1 Å². The zero-order valence-corrected chi connectivity index (χ0v) is 22.9. The Morgan fingerprint density at radius 2 is 1.71 bits per heavy atom. The van der Waals surface area contributed by atoms with Gasteiger partial charge in [-0.1, -0.05) is 11.6 Å². The van der Waals surface area contributed by atoms with Crippen LogP contribution in [0.2, 0.25) is 5.02 Å². The van der Waals surface area contributed by atoms with Gasteiger partial charge in [0.25, 0.3) is 5.91 Å². The highest BCUT2D eigenvalue weighted by Gasteiger charge is 2.52. The van der Waals surface area contributed by atoms with Crippen LogP contribution in [0.25, 0.3) is 0 Å². The molecule has 1 unspecified atom stereocenters. The van der Waals surface area contributed by atoms with Gasteiger partial charge in [-0.25, -0.2) is 0 Å². The second kappa shape index (κ2) is 10.8. The molecule has 4 fully saturated rings. The molecule has 5 rings (SSSR count). The lowest BCUT2D eigenvalue weighted by Crippen LogP contribution is -2.54. The van der Waals surface area contributed by atoms with E-state index in [0.29, 0.717) is 34.6 Å². The molecular weight excluding hydrogens is 471 g/mol. The fourth-order valence-electron chi connectivity index (χ4n) is 6.91. The van der Waals surface area contributed by atoms with Crippen LogP contribution in [-0.4, -0.2) is 30.7 Å². The van der Waals surface area contributed by atoms with Crippen LogP contribution in [-0.2, 0) is 11.3 Å². The topological polar surface area (TPSA) is 59.6 Å². The zero-order valence-electron chi connectivity index (χ0n) is 21.3. The summed E-state index contributed by atoms with van der Waals surface area (Å²) in [5.74, 6) is 3.69. The van der Waals surface area contributed by atoms with E-state index in [4.69, 9.17) is 21.1 Å². The zero-order chi connectivity index (χ0) is 23.8. The van der Waals surface area contributed by atoms with Crippen LogP contribution in [0.3, 0.4) is 0 Å². The molecule has 192 valence electrons. The fourth-order valence-corrected chi connectivity index (χ4v) is 7.20. The highest BCUT2D eigenvalue weighted by molar-refractivity contribution is 6.32. The third kappa shape index (κ3) is 6.33. The number of ether oxygens (including phenoxy) is 2. The highest BCUT2D eigenvalue weighted by Crippen LogP contribution is 2.61. The van der Waals surface area contributed by atoms with Gasteiger partial charge in [0, 0.05) is 18.1 Å². The van der Waals surface area contributed by atoms with Crippen LogP contribution in [0.4, 0.5) is 0 Å². The summed E-state index contributed by atoms with van der Waals surface area (Å²) in [6.45, 7) is 11.3. The number of halogens is 2. The molecule has 5 nitrogen and oxygen atoms in total. The largest absolute Gasteiger partial charge is 0.490 e. The summed E-state index contributed by atoms with van der Waals surface area (Å²) in [7, 11) is 0. The first-order valence-electron chi connectivity index (χ1n) is 12.7. The molecule has 1 amide bonds. The normalized spacial score (nSPS) is 28.2. The molecular formula is C27H42Cl2N2O3. The van der Waals surface area contributed by atoms with Gasteiger partial charge in [0.15, 0.2) is 18.1 Å². The lowest BCUT2D eigenvalue weighted by atomic mass is 9.48. The Hall–Kier alpha value is -1.17. The van der Waals surface area contributed by atoms with Gasteiger partial charge >= 0.3 is 0 Å². The Kier molecular flexibility index (Phi) is 8.74.